The van der Waals surface area contributed by atoms with Gasteiger partial charge in [-0.2, -0.15) is 0 Å². The molecule has 1 aromatic carbocycles. The predicted octanol–water partition coefficient (Wildman–Crippen LogP) is 3.63. The van der Waals surface area contributed by atoms with Crippen LogP contribution < -0.4 is 10.2 Å². The minimum atomic E-state index is -0.104. The first-order valence-electron chi connectivity index (χ1n) is 7.81. The van der Waals surface area contributed by atoms with Crippen molar-refractivity contribution < 1.29 is 4.79 Å². The molecular formula is C18H21N3O. The minimum absolute atomic E-state index is 0.104. The van der Waals surface area contributed by atoms with Gasteiger partial charge in [0.05, 0.1) is 11.9 Å². The number of nitrogens with one attached hydrogen (secondary N) is 1. The standard InChI is InChI=1S/C18H21N3O/c1-14-5-7-15(8-6-14)18(22)20-16-9-10-17(19-13-16)21-11-3-2-4-12-21/h5-10,13H,2-4,11-12H2,1H3,(H,20,22). The van der Waals surface area contributed by atoms with E-state index in [1.54, 1.807) is 6.20 Å². The smallest absolute Gasteiger partial charge is 0.255 e. The third-order valence-corrected chi connectivity index (χ3v) is 4.00. The Balaban J connectivity index is 1.65. The summed E-state index contributed by atoms with van der Waals surface area (Å²) in [5.74, 6) is 0.889. The summed E-state index contributed by atoms with van der Waals surface area (Å²) in [5.41, 5.74) is 2.53. The van der Waals surface area contributed by atoms with Gasteiger partial charge < -0.3 is 10.2 Å². The van der Waals surface area contributed by atoms with Crippen LogP contribution in [0.3, 0.4) is 0 Å². The molecular weight excluding hydrogens is 274 g/mol. The number of aryl methyl sites for hydroxylation is 1. The van der Waals surface area contributed by atoms with Crippen molar-refractivity contribution in [2.45, 2.75) is 26.2 Å². The second kappa shape index (κ2) is 6.60. The summed E-state index contributed by atoms with van der Waals surface area (Å²) in [4.78, 5) is 18.9. The Labute approximate surface area is 131 Å². The lowest BCUT2D eigenvalue weighted by Gasteiger charge is -2.27. The van der Waals surface area contributed by atoms with Crippen molar-refractivity contribution in [3.8, 4) is 0 Å². The van der Waals surface area contributed by atoms with E-state index in [0.29, 0.717) is 5.56 Å². The van der Waals surface area contributed by atoms with Crippen molar-refractivity contribution in [1.82, 2.24) is 4.98 Å². The fourth-order valence-electron chi connectivity index (χ4n) is 2.68. The molecule has 0 atom stereocenters. The van der Waals surface area contributed by atoms with E-state index in [-0.39, 0.29) is 5.91 Å². The first kappa shape index (κ1) is 14.6. The van der Waals surface area contributed by atoms with Crippen molar-refractivity contribution in [2.75, 3.05) is 23.3 Å². The fraction of sp³-hybridized carbons (Fsp3) is 0.333. The monoisotopic (exact) mass is 295 g/mol. The molecule has 0 aliphatic carbocycles. The lowest BCUT2D eigenvalue weighted by molar-refractivity contribution is 0.102. The number of nitrogens with zero attached hydrogens (tertiary/aromatic N) is 2. The molecule has 0 unspecified atom stereocenters. The van der Waals surface area contributed by atoms with Crippen LogP contribution in [0.25, 0.3) is 0 Å². The number of rotatable bonds is 3. The fourth-order valence-corrected chi connectivity index (χ4v) is 2.68. The zero-order chi connectivity index (χ0) is 15.4. The van der Waals surface area contributed by atoms with Gasteiger partial charge in [-0.25, -0.2) is 4.98 Å². The first-order valence-corrected chi connectivity index (χ1v) is 7.81. The Morgan fingerprint density at radius 3 is 2.41 bits per heavy atom. The van der Waals surface area contributed by atoms with E-state index in [9.17, 15) is 4.79 Å². The number of piperidine rings is 1. The number of amides is 1. The van der Waals surface area contributed by atoms with Crippen molar-refractivity contribution >= 4 is 17.4 Å². The number of pyridine rings is 1. The lowest BCUT2D eigenvalue weighted by atomic mass is 10.1. The van der Waals surface area contributed by atoms with Gasteiger partial charge in [-0.15, -0.1) is 0 Å². The van der Waals surface area contributed by atoms with Crippen LogP contribution in [-0.2, 0) is 0 Å². The molecule has 1 aliphatic rings. The number of anilines is 2. The van der Waals surface area contributed by atoms with Crippen LogP contribution in [0.1, 0.15) is 35.2 Å². The zero-order valence-electron chi connectivity index (χ0n) is 12.9. The highest BCUT2D eigenvalue weighted by atomic mass is 16.1. The van der Waals surface area contributed by atoms with E-state index in [1.807, 2.05) is 43.3 Å². The topological polar surface area (TPSA) is 45.2 Å². The van der Waals surface area contributed by atoms with Gasteiger partial charge in [-0.05, 0) is 50.5 Å². The molecule has 1 aliphatic heterocycles. The SMILES string of the molecule is Cc1ccc(C(=O)Nc2ccc(N3CCCCC3)nc2)cc1. The van der Waals surface area contributed by atoms with Crippen LogP contribution in [0.4, 0.5) is 11.5 Å². The van der Waals surface area contributed by atoms with Crippen LogP contribution in [0.2, 0.25) is 0 Å². The van der Waals surface area contributed by atoms with E-state index in [2.05, 4.69) is 15.2 Å². The van der Waals surface area contributed by atoms with Gasteiger partial charge in [0, 0.05) is 18.7 Å². The molecule has 2 heterocycles. The van der Waals surface area contributed by atoms with Crippen molar-refractivity contribution in [2.24, 2.45) is 0 Å². The summed E-state index contributed by atoms with van der Waals surface area (Å²) in [6, 6.07) is 11.4. The van der Waals surface area contributed by atoms with Crippen LogP contribution in [0.5, 0.6) is 0 Å². The molecule has 1 saturated heterocycles. The molecule has 114 valence electrons. The molecule has 4 nitrogen and oxygen atoms in total. The Hall–Kier alpha value is -2.36. The summed E-state index contributed by atoms with van der Waals surface area (Å²) in [5, 5.41) is 2.89. The molecule has 3 rings (SSSR count). The van der Waals surface area contributed by atoms with E-state index >= 15 is 0 Å². The Morgan fingerprint density at radius 2 is 1.77 bits per heavy atom. The highest BCUT2D eigenvalue weighted by Crippen LogP contribution is 2.19. The number of hydrogen-bond acceptors (Lipinski definition) is 3. The second-order valence-electron chi connectivity index (χ2n) is 5.77. The normalized spacial score (nSPS) is 14.7. The summed E-state index contributed by atoms with van der Waals surface area (Å²) in [6.45, 7) is 4.15. The number of carbonyl (C=O) groups is 1. The number of aromatic nitrogens is 1. The van der Waals surface area contributed by atoms with Crippen LogP contribution >= 0.6 is 0 Å². The summed E-state index contributed by atoms with van der Waals surface area (Å²) < 4.78 is 0. The third-order valence-electron chi connectivity index (χ3n) is 4.00. The molecule has 0 saturated carbocycles. The Kier molecular flexibility index (Phi) is 4.37. The Bertz CT molecular complexity index is 628. The largest absolute Gasteiger partial charge is 0.357 e. The van der Waals surface area contributed by atoms with Gasteiger partial charge in [0.1, 0.15) is 5.82 Å². The molecule has 1 fully saturated rings. The van der Waals surface area contributed by atoms with Gasteiger partial charge >= 0.3 is 0 Å². The van der Waals surface area contributed by atoms with Crippen molar-refractivity contribution in [3.63, 3.8) is 0 Å². The van der Waals surface area contributed by atoms with E-state index in [4.69, 9.17) is 0 Å². The van der Waals surface area contributed by atoms with E-state index in [1.165, 1.54) is 19.3 Å². The van der Waals surface area contributed by atoms with Crippen LogP contribution in [0.15, 0.2) is 42.6 Å². The van der Waals surface area contributed by atoms with Gasteiger partial charge in [-0.3, -0.25) is 4.79 Å². The quantitative estimate of drug-likeness (QED) is 0.940. The molecule has 4 heteroatoms. The Morgan fingerprint density at radius 1 is 1.05 bits per heavy atom. The predicted molar refractivity (Wildman–Crippen MR) is 89.4 cm³/mol. The van der Waals surface area contributed by atoms with Crippen molar-refractivity contribution in [1.29, 1.82) is 0 Å². The molecule has 1 amide bonds. The number of hydrogen-bond donors (Lipinski definition) is 1. The van der Waals surface area contributed by atoms with Gasteiger partial charge in [-0.1, -0.05) is 17.7 Å². The minimum Gasteiger partial charge on any atom is -0.357 e. The maximum atomic E-state index is 12.2. The summed E-state index contributed by atoms with van der Waals surface area (Å²) >= 11 is 0. The average molecular weight is 295 g/mol. The maximum Gasteiger partial charge on any atom is 0.255 e. The van der Waals surface area contributed by atoms with Crippen LogP contribution in [-0.4, -0.2) is 24.0 Å². The molecule has 2 aromatic rings. The van der Waals surface area contributed by atoms with Gasteiger partial charge in [0.25, 0.3) is 5.91 Å². The molecule has 0 bridgehead atoms. The molecule has 1 aromatic heterocycles. The van der Waals surface area contributed by atoms with E-state index in [0.717, 1.165) is 30.2 Å². The van der Waals surface area contributed by atoms with Crippen LogP contribution in [0, 0.1) is 6.92 Å². The third kappa shape index (κ3) is 3.45. The molecule has 0 spiro atoms. The number of carbonyl (C=O) groups excluding carboxylic acids is 1. The van der Waals surface area contributed by atoms with Gasteiger partial charge in [0.2, 0.25) is 0 Å². The first-order chi connectivity index (χ1) is 10.7. The average Bonchev–Trinajstić information content (AvgIpc) is 2.57. The second-order valence-corrected chi connectivity index (χ2v) is 5.77. The summed E-state index contributed by atoms with van der Waals surface area (Å²) in [7, 11) is 0. The van der Waals surface area contributed by atoms with Crippen molar-refractivity contribution in [3.05, 3.63) is 53.7 Å². The highest BCUT2D eigenvalue weighted by molar-refractivity contribution is 6.04. The number of benzene rings is 1. The maximum absolute atomic E-state index is 12.2. The zero-order valence-corrected chi connectivity index (χ0v) is 12.9. The summed E-state index contributed by atoms with van der Waals surface area (Å²) in [6.07, 6.45) is 5.50. The van der Waals surface area contributed by atoms with Gasteiger partial charge in [0.15, 0.2) is 0 Å². The highest BCUT2D eigenvalue weighted by Gasteiger charge is 2.12. The molecule has 22 heavy (non-hydrogen) atoms. The molecule has 1 N–H and O–H groups in total. The lowest BCUT2D eigenvalue weighted by Crippen LogP contribution is -2.30. The van der Waals surface area contributed by atoms with E-state index < -0.39 is 0 Å². The molecule has 0 radical (unpaired) electrons.